The summed E-state index contributed by atoms with van der Waals surface area (Å²) >= 11 is 5.76. The SMILES string of the molecule is CCC(C)C(Nc1ccc(Cl)cc1)C(=O)O. The predicted octanol–water partition coefficient (Wildman–Crippen LogP) is 3.25. The number of carboxylic acids is 1. The maximum Gasteiger partial charge on any atom is 0.326 e. The third-order valence-electron chi connectivity index (χ3n) is 2.65. The van der Waals surface area contributed by atoms with E-state index in [-0.39, 0.29) is 5.92 Å². The highest BCUT2D eigenvalue weighted by atomic mass is 35.5. The Morgan fingerprint density at radius 3 is 2.44 bits per heavy atom. The van der Waals surface area contributed by atoms with E-state index in [1.807, 2.05) is 13.8 Å². The first-order valence-corrected chi connectivity index (χ1v) is 5.67. The van der Waals surface area contributed by atoms with Gasteiger partial charge in [-0.15, -0.1) is 0 Å². The van der Waals surface area contributed by atoms with Crippen LogP contribution in [0, 0.1) is 5.92 Å². The number of carbonyl (C=O) groups is 1. The molecule has 0 saturated carbocycles. The molecule has 0 aliphatic heterocycles. The van der Waals surface area contributed by atoms with E-state index >= 15 is 0 Å². The first-order chi connectivity index (χ1) is 7.54. The molecule has 0 aliphatic carbocycles. The number of aliphatic carboxylic acids is 1. The molecule has 1 aromatic rings. The first-order valence-electron chi connectivity index (χ1n) is 5.29. The summed E-state index contributed by atoms with van der Waals surface area (Å²) < 4.78 is 0. The monoisotopic (exact) mass is 241 g/mol. The van der Waals surface area contributed by atoms with E-state index in [0.29, 0.717) is 5.02 Å². The van der Waals surface area contributed by atoms with Crippen LogP contribution >= 0.6 is 11.6 Å². The Morgan fingerprint density at radius 2 is 2.00 bits per heavy atom. The van der Waals surface area contributed by atoms with Gasteiger partial charge in [-0.2, -0.15) is 0 Å². The van der Waals surface area contributed by atoms with Crippen LogP contribution < -0.4 is 5.32 Å². The van der Waals surface area contributed by atoms with Crippen LogP contribution in [-0.2, 0) is 4.79 Å². The van der Waals surface area contributed by atoms with Crippen molar-refractivity contribution >= 4 is 23.3 Å². The van der Waals surface area contributed by atoms with Crippen molar-refractivity contribution in [3.63, 3.8) is 0 Å². The molecule has 1 aromatic carbocycles. The lowest BCUT2D eigenvalue weighted by Gasteiger charge is -2.21. The summed E-state index contributed by atoms with van der Waals surface area (Å²) in [7, 11) is 0. The lowest BCUT2D eigenvalue weighted by atomic mass is 9.99. The Labute approximate surface area is 100 Å². The molecule has 0 aromatic heterocycles. The minimum absolute atomic E-state index is 0.0770. The molecular weight excluding hydrogens is 226 g/mol. The zero-order valence-corrected chi connectivity index (χ0v) is 10.2. The topological polar surface area (TPSA) is 49.3 Å². The molecule has 88 valence electrons. The van der Waals surface area contributed by atoms with Crippen LogP contribution in [0.3, 0.4) is 0 Å². The normalized spacial score (nSPS) is 14.2. The maximum atomic E-state index is 11.1. The molecule has 2 atom stereocenters. The minimum Gasteiger partial charge on any atom is -0.480 e. The third-order valence-corrected chi connectivity index (χ3v) is 2.90. The summed E-state index contributed by atoms with van der Waals surface area (Å²) in [5.74, 6) is -0.752. The largest absolute Gasteiger partial charge is 0.480 e. The lowest BCUT2D eigenvalue weighted by Crippen LogP contribution is -2.35. The molecule has 1 rings (SSSR count). The summed E-state index contributed by atoms with van der Waals surface area (Å²) in [5.41, 5.74) is 0.775. The number of rotatable bonds is 5. The molecule has 0 fully saturated rings. The van der Waals surface area contributed by atoms with Gasteiger partial charge in [-0.1, -0.05) is 31.9 Å². The van der Waals surface area contributed by atoms with Crippen LogP contribution in [0.1, 0.15) is 20.3 Å². The average molecular weight is 242 g/mol. The molecule has 16 heavy (non-hydrogen) atoms. The fraction of sp³-hybridized carbons (Fsp3) is 0.417. The van der Waals surface area contributed by atoms with E-state index in [1.54, 1.807) is 24.3 Å². The third kappa shape index (κ3) is 3.42. The van der Waals surface area contributed by atoms with Crippen molar-refractivity contribution < 1.29 is 9.90 Å². The van der Waals surface area contributed by atoms with Crippen LogP contribution in [0.15, 0.2) is 24.3 Å². The quantitative estimate of drug-likeness (QED) is 0.832. The second-order valence-electron chi connectivity index (χ2n) is 3.85. The Hall–Kier alpha value is -1.22. The van der Waals surface area contributed by atoms with Gasteiger partial charge in [0.05, 0.1) is 0 Å². The molecule has 0 amide bonds. The first kappa shape index (κ1) is 12.8. The zero-order valence-electron chi connectivity index (χ0n) is 9.40. The molecule has 2 unspecified atom stereocenters. The average Bonchev–Trinajstić information content (AvgIpc) is 2.27. The fourth-order valence-corrected chi connectivity index (χ4v) is 1.53. The van der Waals surface area contributed by atoms with Gasteiger partial charge in [-0.3, -0.25) is 0 Å². The van der Waals surface area contributed by atoms with Gasteiger partial charge in [0.2, 0.25) is 0 Å². The van der Waals surface area contributed by atoms with Crippen molar-refractivity contribution in [3.05, 3.63) is 29.3 Å². The van der Waals surface area contributed by atoms with Crippen molar-refractivity contribution in [1.82, 2.24) is 0 Å². The van der Waals surface area contributed by atoms with Crippen LogP contribution in [0.4, 0.5) is 5.69 Å². The van der Waals surface area contributed by atoms with Gasteiger partial charge in [-0.05, 0) is 30.2 Å². The zero-order chi connectivity index (χ0) is 12.1. The van der Waals surface area contributed by atoms with Crippen molar-refractivity contribution in [2.24, 2.45) is 5.92 Å². The van der Waals surface area contributed by atoms with E-state index in [4.69, 9.17) is 16.7 Å². The predicted molar refractivity (Wildman–Crippen MR) is 66.0 cm³/mol. The molecule has 3 nitrogen and oxygen atoms in total. The number of benzene rings is 1. The summed E-state index contributed by atoms with van der Waals surface area (Å²) in [6.07, 6.45) is 0.817. The van der Waals surface area contributed by atoms with E-state index < -0.39 is 12.0 Å². The van der Waals surface area contributed by atoms with Crippen molar-refractivity contribution in [3.8, 4) is 0 Å². The standard InChI is InChI=1S/C12H16ClNO2/c1-3-8(2)11(12(15)16)14-10-6-4-9(13)5-7-10/h4-8,11,14H,3H2,1-2H3,(H,15,16). The number of hydrogen-bond acceptors (Lipinski definition) is 2. The number of anilines is 1. The van der Waals surface area contributed by atoms with Gasteiger partial charge in [0, 0.05) is 10.7 Å². The van der Waals surface area contributed by atoms with Crippen LogP contribution in [0.2, 0.25) is 5.02 Å². The smallest absolute Gasteiger partial charge is 0.326 e. The van der Waals surface area contributed by atoms with Gasteiger partial charge < -0.3 is 10.4 Å². The van der Waals surface area contributed by atoms with Crippen LogP contribution in [0.25, 0.3) is 0 Å². The van der Waals surface area contributed by atoms with E-state index in [1.165, 1.54) is 0 Å². The van der Waals surface area contributed by atoms with Crippen LogP contribution in [0.5, 0.6) is 0 Å². The molecule has 0 radical (unpaired) electrons. The molecule has 2 N–H and O–H groups in total. The number of carboxylic acid groups (broad SMARTS) is 1. The highest BCUT2D eigenvalue weighted by molar-refractivity contribution is 6.30. The lowest BCUT2D eigenvalue weighted by molar-refractivity contribution is -0.139. The van der Waals surface area contributed by atoms with Crippen molar-refractivity contribution in [2.75, 3.05) is 5.32 Å². The molecule has 0 saturated heterocycles. The van der Waals surface area contributed by atoms with Gasteiger partial charge in [0.15, 0.2) is 0 Å². The van der Waals surface area contributed by atoms with E-state index in [2.05, 4.69) is 5.32 Å². The molecule has 0 heterocycles. The summed E-state index contributed by atoms with van der Waals surface area (Å²) in [4.78, 5) is 11.1. The fourth-order valence-electron chi connectivity index (χ4n) is 1.41. The number of halogens is 1. The van der Waals surface area contributed by atoms with E-state index in [0.717, 1.165) is 12.1 Å². The molecule has 0 bridgehead atoms. The summed E-state index contributed by atoms with van der Waals surface area (Å²) in [6.45, 7) is 3.89. The molecule has 4 heteroatoms. The second kappa shape index (κ2) is 5.75. The minimum atomic E-state index is -0.829. The van der Waals surface area contributed by atoms with Gasteiger partial charge in [-0.25, -0.2) is 4.79 Å². The highest BCUT2D eigenvalue weighted by Crippen LogP contribution is 2.18. The molecule has 0 aliphatic rings. The second-order valence-corrected chi connectivity index (χ2v) is 4.29. The van der Waals surface area contributed by atoms with Gasteiger partial charge in [0.25, 0.3) is 0 Å². The molecular formula is C12H16ClNO2. The summed E-state index contributed by atoms with van der Waals surface area (Å²) in [5, 5.41) is 12.7. The van der Waals surface area contributed by atoms with Gasteiger partial charge in [0.1, 0.15) is 6.04 Å². The number of hydrogen-bond donors (Lipinski definition) is 2. The molecule has 0 spiro atoms. The van der Waals surface area contributed by atoms with Crippen LogP contribution in [-0.4, -0.2) is 17.1 Å². The highest BCUT2D eigenvalue weighted by Gasteiger charge is 2.22. The Balaban J connectivity index is 2.75. The van der Waals surface area contributed by atoms with E-state index in [9.17, 15) is 4.79 Å². The Kier molecular flexibility index (Phi) is 4.62. The van der Waals surface area contributed by atoms with Crippen molar-refractivity contribution in [2.45, 2.75) is 26.3 Å². The summed E-state index contributed by atoms with van der Waals surface area (Å²) in [6, 6.07) is 6.46. The Bertz CT molecular complexity index is 351. The maximum absolute atomic E-state index is 11.1. The Morgan fingerprint density at radius 1 is 1.44 bits per heavy atom. The van der Waals surface area contributed by atoms with Gasteiger partial charge >= 0.3 is 5.97 Å². The number of nitrogens with one attached hydrogen (secondary N) is 1. The van der Waals surface area contributed by atoms with Crippen molar-refractivity contribution in [1.29, 1.82) is 0 Å².